The van der Waals surface area contributed by atoms with Crippen molar-refractivity contribution >= 4 is 15.8 Å². The lowest BCUT2D eigenvalue weighted by Crippen LogP contribution is -2.37. The Morgan fingerprint density at radius 2 is 2.05 bits per heavy atom. The van der Waals surface area contributed by atoms with Gasteiger partial charge >= 0.3 is 0 Å². The first-order chi connectivity index (χ1) is 9.87. The van der Waals surface area contributed by atoms with Crippen molar-refractivity contribution in [2.75, 3.05) is 16.8 Å². The second-order valence-electron chi connectivity index (χ2n) is 6.93. The quantitative estimate of drug-likeness (QED) is 0.932. The van der Waals surface area contributed by atoms with E-state index in [-0.39, 0.29) is 17.0 Å². The molecule has 1 aromatic heterocycles. The number of hydrogen-bond acceptors (Lipinski definition) is 4. The zero-order valence-corrected chi connectivity index (χ0v) is 13.7. The summed E-state index contributed by atoms with van der Waals surface area (Å²) in [5.41, 5.74) is 0.607. The fraction of sp³-hybridized carbons (Fsp3) is 0.800. The molecule has 1 saturated heterocycles. The fourth-order valence-corrected chi connectivity index (χ4v) is 5.72. The molecule has 1 aromatic rings. The number of rotatable bonds is 3. The Bertz CT molecular complexity index is 617. The Kier molecular flexibility index (Phi) is 3.76. The molecule has 0 amide bonds. The highest BCUT2D eigenvalue weighted by Crippen LogP contribution is 2.33. The molecule has 0 bridgehead atoms. The van der Waals surface area contributed by atoms with Gasteiger partial charge in [0.05, 0.1) is 22.7 Å². The van der Waals surface area contributed by atoms with Crippen LogP contribution in [0.15, 0.2) is 6.20 Å². The fourth-order valence-electron chi connectivity index (χ4n) is 3.63. The van der Waals surface area contributed by atoms with Gasteiger partial charge in [0.1, 0.15) is 0 Å². The Morgan fingerprint density at radius 3 is 2.67 bits per heavy atom. The third kappa shape index (κ3) is 3.25. The zero-order valence-electron chi connectivity index (χ0n) is 12.9. The van der Waals surface area contributed by atoms with Gasteiger partial charge in [0.25, 0.3) is 0 Å². The van der Waals surface area contributed by atoms with Crippen LogP contribution in [0.3, 0.4) is 0 Å². The lowest BCUT2D eigenvalue weighted by molar-refractivity contribution is 0.354. The van der Waals surface area contributed by atoms with E-state index in [2.05, 4.69) is 21.1 Å². The third-order valence-electron chi connectivity index (χ3n) is 4.74. The van der Waals surface area contributed by atoms with Gasteiger partial charge in [-0.2, -0.15) is 0 Å². The van der Waals surface area contributed by atoms with E-state index < -0.39 is 9.84 Å². The van der Waals surface area contributed by atoms with Crippen molar-refractivity contribution in [3.63, 3.8) is 0 Å². The first kappa shape index (κ1) is 14.9. The summed E-state index contributed by atoms with van der Waals surface area (Å²) in [4.78, 5) is 4.60. The molecule has 21 heavy (non-hydrogen) atoms. The first-order valence-electron chi connectivity index (χ1n) is 7.91. The summed E-state index contributed by atoms with van der Waals surface area (Å²) in [6.07, 6.45) is 9.01. The van der Waals surface area contributed by atoms with E-state index in [1.165, 1.54) is 32.1 Å². The normalized spacial score (nSPS) is 29.6. The topological polar surface area (TPSA) is 64.0 Å². The Balaban J connectivity index is 1.82. The number of nitrogens with zero attached hydrogens (tertiary/aromatic N) is 2. The zero-order chi connectivity index (χ0) is 15.1. The molecule has 2 aliphatic rings. The highest BCUT2D eigenvalue weighted by Gasteiger charge is 2.39. The molecule has 1 aliphatic heterocycles. The molecule has 0 radical (unpaired) electrons. The molecule has 6 heteroatoms. The number of sulfone groups is 1. The summed E-state index contributed by atoms with van der Waals surface area (Å²) >= 11 is 0. The van der Waals surface area contributed by atoms with E-state index in [1.54, 1.807) is 0 Å². The lowest BCUT2D eigenvalue weighted by atomic mass is 9.95. The van der Waals surface area contributed by atoms with Gasteiger partial charge in [-0.1, -0.05) is 19.3 Å². The van der Waals surface area contributed by atoms with Crippen LogP contribution >= 0.6 is 0 Å². The summed E-state index contributed by atoms with van der Waals surface area (Å²) in [5.74, 6) is 1.33. The minimum Gasteiger partial charge on any atom is -0.349 e. The average Bonchev–Trinajstić information content (AvgIpc) is 2.90. The number of aryl methyl sites for hydroxylation is 1. The lowest BCUT2D eigenvalue weighted by Gasteiger charge is -2.29. The minimum atomic E-state index is -2.90. The summed E-state index contributed by atoms with van der Waals surface area (Å²) < 4.78 is 25.8. The van der Waals surface area contributed by atoms with Gasteiger partial charge in [0.2, 0.25) is 5.95 Å². The maximum absolute atomic E-state index is 11.8. The Labute approximate surface area is 127 Å². The number of anilines is 1. The molecule has 2 fully saturated rings. The van der Waals surface area contributed by atoms with Gasteiger partial charge in [-0.3, -0.25) is 0 Å². The molecule has 1 N–H and O–H groups in total. The molecule has 5 nitrogen and oxygen atoms in total. The van der Waals surface area contributed by atoms with Crippen LogP contribution in [0.2, 0.25) is 0 Å². The molecule has 0 spiro atoms. The van der Waals surface area contributed by atoms with Crippen LogP contribution in [0.4, 0.5) is 5.95 Å². The van der Waals surface area contributed by atoms with E-state index in [0.29, 0.717) is 12.5 Å². The van der Waals surface area contributed by atoms with Crippen LogP contribution in [0.1, 0.15) is 57.2 Å². The van der Waals surface area contributed by atoms with E-state index in [0.717, 1.165) is 11.6 Å². The molecule has 1 saturated carbocycles. The van der Waals surface area contributed by atoms with Crippen LogP contribution in [-0.2, 0) is 9.84 Å². The third-order valence-corrected chi connectivity index (χ3v) is 6.64. The molecule has 0 aromatic carbocycles. The van der Waals surface area contributed by atoms with Crippen molar-refractivity contribution in [3.05, 3.63) is 11.9 Å². The van der Waals surface area contributed by atoms with Crippen LogP contribution < -0.4 is 5.32 Å². The second kappa shape index (κ2) is 5.30. The highest BCUT2D eigenvalue weighted by molar-refractivity contribution is 7.91. The van der Waals surface area contributed by atoms with Gasteiger partial charge in [0.15, 0.2) is 9.84 Å². The average molecular weight is 311 g/mol. The van der Waals surface area contributed by atoms with Gasteiger partial charge in [-0.25, -0.2) is 13.4 Å². The van der Waals surface area contributed by atoms with Crippen LogP contribution in [0, 0.1) is 6.92 Å². The van der Waals surface area contributed by atoms with Crippen molar-refractivity contribution in [1.29, 1.82) is 0 Å². The van der Waals surface area contributed by atoms with Crippen molar-refractivity contribution in [1.82, 2.24) is 9.55 Å². The summed E-state index contributed by atoms with van der Waals surface area (Å²) in [7, 11) is -2.90. The van der Waals surface area contributed by atoms with Crippen molar-refractivity contribution < 1.29 is 8.42 Å². The monoisotopic (exact) mass is 311 g/mol. The van der Waals surface area contributed by atoms with Crippen LogP contribution in [0.25, 0.3) is 0 Å². The maximum atomic E-state index is 11.8. The highest BCUT2D eigenvalue weighted by atomic mass is 32.2. The molecule has 1 unspecified atom stereocenters. The molecular formula is C15H25N3O2S. The smallest absolute Gasteiger partial charge is 0.203 e. The SMILES string of the molecule is Cc1cn(C2CCCCC2)c(NC2(C)CCS(=O)(=O)C2)n1. The number of hydrogen-bond donors (Lipinski definition) is 1. The largest absolute Gasteiger partial charge is 0.349 e. The summed E-state index contributed by atoms with van der Waals surface area (Å²) in [6.45, 7) is 3.99. The molecule has 3 rings (SSSR count). The van der Waals surface area contributed by atoms with E-state index in [4.69, 9.17) is 0 Å². The second-order valence-corrected chi connectivity index (χ2v) is 9.12. The molecule has 118 valence electrons. The number of imidazole rings is 1. The standard InChI is InChI=1S/C15H25N3O2S/c1-12-10-18(13-6-4-3-5-7-13)14(16-12)17-15(2)8-9-21(19,20)11-15/h10,13H,3-9,11H2,1-2H3,(H,16,17). The van der Waals surface area contributed by atoms with Crippen LogP contribution in [-0.4, -0.2) is 35.0 Å². The summed E-state index contributed by atoms with van der Waals surface area (Å²) in [6, 6.07) is 0.504. The maximum Gasteiger partial charge on any atom is 0.203 e. The van der Waals surface area contributed by atoms with E-state index in [1.807, 2.05) is 13.8 Å². The van der Waals surface area contributed by atoms with E-state index in [9.17, 15) is 8.42 Å². The molecule has 2 heterocycles. The van der Waals surface area contributed by atoms with Gasteiger partial charge in [-0.05, 0) is 33.1 Å². The predicted molar refractivity (Wildman–Crippen MR) is 84.4 cm³/mol. The van der Waals surface area contributed by atoms with Crippen molar-refractivity contribution in [2.45, 2.75) is 64.0 Å². The molecule has 1 atom stereocenters. The van der Waals surface area contributed by atoms with Crippen LogP contribution in [0.5, 0.6) is 0 Å². The molecule has 1 aliphatic carbocycles. The first-order valence-corrected chi connectivity index (χ1v) is 9.73. The van der Waals surface area contributed by atoms with Gasteiger partial charge in [0, 0.05) is 12.2 Å². The Hall–Kier alpha value is -1.04. The van der Waals surface area contributed by atoms with E-state index >= 15 is 0 Å². The Morgan fingerprint density at radius 1 is 1.33 bits per heavy atom. The number of aromatic nitrogens is 2. The van der Waals surface area contributed by atoms with Gasteiger partial charge < -0.3 is 9.88 Å². The van der Waals surface area contributed by atoms with Gasteiger partial charge in [-0.15, -0.1) is 0 Å². The summed E-state index contributed by atoms with van der Waals surface area (Å²) in [5, 5.41) is 3.43. The van der Waals surface area contributed by atoms with Crippen molar-refractivity contribution in [2.24, 2.45) is 0 Å². The molecular weight excluding hydrogens is 286 g/mol. The predicted octanol–water partition coefficient (Wildman–Crippen LogP) is 2.69. The minimum absolute atomic E-state index is 0.205. The number of nitrogens with one attached hydrogen (secondary N) is 1. The van der Waals surface area contributed by atoms with Crippen molar-refractivity contribution in [3.8, 4) is 0 Å².